The molecule has 1 unspecified atom stereocenters. The maximum absolute atomic E-state index is 12.7. The van der Waals surface area contributed by atoms with Gasteiger partial charge in [0, 0.05) is 23.1 Å². The van der Waals surface area contributed by atoms with Crippen molar-refractivity contribution in [2.75, 3.05) is 5.32 Å². The Morgan fingerprint density at radius 2 is 1.81 bits per heavy atom. The van der Waals surface area contributed by atoms with Gasteiger partial charge in [-0.3, -0.25) is 4.79 Å². The number of rotatable bonds is 5. The van der Waals surface area contributed by atoms with E-state index in [1.54, 1.807) is 11.3 Å². The molecule has 5 heteroatoms. The van der Waals surface area contributed by atoms with E-state index in [2.05, 4.69) is 70.2 Å². The quantitative estimate of drug-likeness (QED) is 0.396. The third-order valence-corrected chi connectivity index (χ3v) is 6.43. The Kier molecular flexibility index (Phi) is 4.88. The highest BCUT2D eigenvalue weighted by Gasteiger charge is 2.38. The molecule has 0 radical (unpaired) electrons. The molecule has 4 aromatic rings. The van der Waals surface area contributed by atoms with Gasteiger partial charge >= 0.3 is 0 Å². The van der Waals surface area contributed by atoms with E-state index in [0.717, 1.165) is 16.9 Å². The van der Waals surface area contributed by atoms with Crippen molar-refractivity contribution >= 4 is 34.8 Å². The van der Waals surface area contributed by atoms with Gasteiger partial charge in [-0.1, -0.05) is 67.3 Å². The van der Waals surface area contributed by atoms with Gasteiger partial charge in [0.25, 0.3) is 5.91 Å². The predicted molar refractivity (Wildman–Crippen MR) is 127 cm³/mol. The van der Waals surface area contributed by atoms with E-state index >= 15 is 0 Å². The third-order valence-electron chi connectivity index (χ3n) is 5.75. The second-order valence-corrected chi connectivity index (χ2v) is 8.29. The summed E-state index contributed by atoms with van der Waals surface area (Å²) < 4.78 is 1.49. The summed E-state index contributed by atoms with van der Waals surface area (Å²) in [6.45, 7) is 3.68. The van der Waals surface area contributed by atoms with Crippen molar-refractivity contribution in [3.05, 3.63) is 119 Å². The monoisotopic (exact) mass is 423 g/mol. The number of fused-ring (bicyclic) bond motifs is 1. The van der Waals surface area contributed by atoms with Gasteiger partial charge in [0.15, 0.2) is 5.82 Å². The van der Waals surface area contributed by atoms with Gasteiger partial charge in [-0.15, -0.1) is 5.10 Å². The van der Waals surface area contributed by atoms with Crippen LogP contribution in [-0.2, 0) is 11.8 Å². The lowest BCUT2D eigenvalue weighted by atomic mass is 9.69. The van der Waals surface area contributed by atoms with Crippen molar-refractivity contribution in [2.24, 2.45) is 0 Å². The number of para-hydroxylation sites is 1. The van der Waals surface area contributed by atoms with E-state index in [1.807, 2.05) is 36.4 Å². The van der Waals surface area contributed by atoms with Crippen molar-refractivity contribution in [3.63, 3.8) is 0 Å². The van der Waals surface area contributed by atoms with Crippen molar-refractivity contribution < 1.29 is 4.79 Å². The van der Waals surface area contributed by atoms with E-state index in [9.17, 15) is 4.79 Å². The number of benzene rings is 2. The molecule has 1 aliphatic rings. The van der Waals surface area contributed by atoms with Crippen LogP contribution in [0.25, 0.3) is 6.08 Å². The fourth-order valence-electron chi connectivity index (χ4n) is 4.20. The topological polar surface area (TPSA) is 46.9 Å². The summed E-state index contributed by atoms with van der Waals surface area (Å²) in [5, 5.41) is 12.3. The molecule has 0 saturated heterocycles. The second-order valence-electron chi connectivity index (χ2n) is 7.51. The molecule has 2 aromatic carbocycles. The minimum Gasteiger partial charge on any atom is -0.338 e. The Balaban J connectivity index is 1.67. The van der Waals surface area contributed by atoms with Gasteiger partial charge in [-0.2, -0.15) is 16.0 Å². The summed E-state index contributed by atoms with van der Waals surface area (Å²) in [6.07, 6.45) is 6.28. The van der Waals surface area contributed by atoms with Crippen LogP contribution in [0.1, 0.15) is 27.2 Å². The Hall–Kier alpha value is -3.70. The Morgan fingerprint density at radius 1 is 1.06 bits per heavy atom. The van der Waals surface area contributed by atoms with Crippen LogP contribution >= 0.6 is 11.3 Å². The first kappa shape index (κ1) is 19.3. The van der Waals surface area contributed by atoms with E-state index in [-0.39, 0.29) is 11.3 Å². The molecule has 0 fully saturated rings. The van der Waals surface area contributed by atoms with Gasteiger partial charge in [0.1, 0.15) is 0 Å². The van der Waals surface area contributed by atoms with E-state index < -0.39 is 0 Å². The molecule has 0 spiro atoms. The Bertz CT molecular complexity index is 1260. The van der Waals surface area contributed by atoms with Crippen LogP contribution in [-0.4, -0.2) is 15.7 Å². The molecular weight excluding hydrogens is 402 g/mol. The standard InChI is InChI=1S/C26H21N3OS/c1-2-24(30)29-23-17-26(20-14-16-31-18-20,19-9-5-3-6-10-19)15-13-22(23)25(28-29)27-21-11-7-4-8-12-21/h2-16,18H,1,17H2,(H,27,28). The van der Waals surface area contributed by atoms with Gasteiger partial charge < -0.3 is 5.32 Å². The number of hydrogen-bond acceptors (Lipinski definition) is 4. The lowest BCUT2D eigenvalue weighted by molar-refractivity contribution is 0.0950. The first-order valence-corrected chi connectivity index (χ1v) is 11.0. The number of carbonyl (C=O) groups excluding carboxylic acids is 1. The normalized spacial score (nSPS) is 17.2. The number of allylic oxidation sites excluding steroid dienone is 2. The van der Waals surface area contributed by atoms with E-state index in [4.69, 9.17) is 0 Å². The zero-order chi connectivity index (χ0) is 21.3. The van der Waals surface area contributed by atoms with Crippen molar-refractivity contribution in [1.29, 1.82) is 0 Å². The average Bonchev–Trinajstić information content (AvgIpc) is 3.49. The summed E-state index contributed by atoms with van der Waals surface area (Å²) in [6, 6.07) is 22.4. The molecule has 0 bridgehead atoms. The molecule has 5 rings (SSSR count). The van der Waals surface area contributed by atoms with Crippen LogP contribution in [0.3, 0.4) is 0 Å². The van der Waals surface area contributed by atoms with Crippen LogP contribution in [0.2, 0.25) is 0 Å². The first-order chi connectivity index (χ1) is 15.2. The van der Waals surface area contributed by atoms with Crippen LogP contribution in [0.15, 0.2) is 96.2 Å². The first-order valence-electron chi connectivity index (χ1n) is 10.1. The zero-order valence-electron chi connectivity index (χ0n) is 16.9. The smallest absolute Gasteiger partial charge is 0.270 e. The highest BCUT2D eigenvalue weighted by Crippen LogP contribution is 2.44. The molecule has 2 heterocycles. The lowest BCUT2D eigenvalue weighted by Crippen LogP contribution is -2.32. The number of thiophene rings is 1. The Morgan fingerprint density at radius 3 is 2.48 bits per heavy atom. The number of nitrogens with zero attached hydrogens (tertiary/aromatic N) is 2. The minimum absolute atomic E-state index is 0.236. The van der Waals surface area contributed by atoms with Crippen LogP contribution < -0.4 is 5.32 Å². The molecule has 1 atom stereocenters. The number of carbonyl (C=O) groups is 1. The molecule has 0 aliphatic heterocycles. The summed E-state index contributed by atoms with van der Waals surface area (Å²) >= 11 is 1.68. The number of hydrogen-bond donors (Lipinski definition) is 1. The summed E-state index contributed by atoms with van der Waals surface area (Å²) in [4.78, 5) is 12.7. The molecule has 0 saturated carbocycles. The van der Waals surface area contributed by atoms with Gasteiger partial charge in [0.05, 0.1) is 5.69 Å². The maximum atomic E-state index is 12.7. The molecule has 0 amide bonds. The molecule has 31 heavy (non-hydrogen) atoms. The maximum Gasteiger partial charge on any atom is 0.270 e. The lowest BCUT2D eigenvalue weighted by Gasteiger charge is -2.34. The Labute approximate surface area is 185 Å². The summed E-state index contributed by atoms with van der Waals surface area (Å²) in [5.74, 6) is 0.430. The van der Waals surface area contributed by atoms with E-state index in [1.165, 1.54) is 21.9 Å². The highest BCUT2D eigenvalue weighted by molar-refractivity contribution is 7.08. The fourth-order valence-corrected chi connectivity index (χ4v) is 4.93. The molecule has 1 N–H and O–H groups in total. The van der Waals surface area contributed by atoms with Crippen molar-refractivity contribution in [2.45, 2.75) is 11.8 Å². The van der Waals surface area contributed by atoms with Crippen molar-refractivity contribution in [3.8, 4) is 0 Å². The number of aromatic nitrogens is 2. The van der Waals surface area contributed by atoms with Gasteiger partial charge in [0.2, 0.25) is 0 Å². The summed E-state index contributed by atoms with van der Waals surface area (Å²) in [5.41, 5.74) is 4.76. The summed E-state index contributed by atoms with van der Waals surface area (Å²) in [7, 11) is 0. The zero-order valence-corrected chi connectivity index (χ0v) is 17.7. The molecule has 152 valence electrons. The second kappa shape index (κ2) is 7.85. The molecular formula is C26H21N3OS. The molecule has 4 nitrogen and oxygen atoms in total. The minimum atomic E-state index is -0.364. The number of nitrogens with one attached hydrogen (secondary N) is 1. The molecule has 2 aromatic heterocycles. The highest BCUT2D eigenvalue weighted by atomic mass is 32.1. The van der Waals surface area contributed by atoms with Gasteiger partial charge in [-0.05, 0) is 46.2 Å². The van der Waals surface area contributed by atoms with Crippen LogP contribution in [0.4, 0.5) is 11.5 Å². The molecule has 1 aliphatic carbocycles. The van der Waals surface area contributed by atoms with Crippen LogP contribution in [0, 0.1) is 0 Å². The van der Waals surface area contributed by atoms with Crippen LogP contribution in [0.5, 0.6) is 0 Å². The third kappa shape index (κ3) is 3.33. The average molecular weight is 424 g/mol. The largest absolute Gasteiger partial charge is 0.338 e. The van der Waals surface area contributed by atoms with E-state index in [0.29, 0.717) is 12.2 Å². The predicted octanol–water partition coefficient (Wildman–Crippen LogP) is 6.07. The number of anilines is 2. The van der Waals surface area contributed by atoms with Gasteiger partial charge in [-0.25, -0.2) is 0 Å². The van der Waals surface area contributed by atoms with Crippen molar-refractivity contribution in [1.82, 2.24) is 9.78 Å². The SMILES string of the molecule is C=CC(=O)n1nc(Nc2ccccc2)c2c1CC(c1ccccc1)(c1ccsc1)C=C2. The fraction of sp³-hybridized carbons (Fsp3) is 0.0769.